The highest BCUT2D eigenvalue weighted by molar-refractivity contribution is 5.45. The van der Waals surface area contributed by atoms with Crippen LogP contribution in [0, 0.1) is 0 Å². The van der Waals surface area contributed by atoms with E-state index in [0.29, 0.717) is 0 Å². The number of hydrogen-bond donors (Lipinski definition) is 0. The van der Waals surface area contributed by atoms with E-state index in [-0.39, 0.29) is 0 Å². The number of unbranched alkanes of at least 4 members (excludes halogenated alkanes) is 1. The molecular weight excluding hydrogens is 220 g/mol. The molecule has 0 saturated carbocycles. The van der Waals surface area contributed by atoms with Crippen molar-refractivity contribution in [2.45, 2.75) is 39.8 Å². The molecule has 2 heteroatoms. The highest BCUT2D eigenvalue weighted by atomic mass is 15.0. The Bertz CT molecular complexity index is 506. The van der Waals surface area contributed by atoms with Gasteiger partial charge in [0.05, 0.1) is 0 Å². The van der Waals surface area contributed by atoms with Crippen molar-refractivity contribution in [2.24, 2.45) is 0 Å². The fraction of sp³-hybridized carbons (Fsp3) is 0.375. The molecule has 0 aliphatic heterocycles. The Labute approximate surface area is 110 Å². The van der Waals surface area contributed by atoms with Gasteiger partial charge in [0.1, 0.15) is 13.1 Å². The van der Waals surface area contributed by atoms with Crippen LogP contribution in [0.5, 0.6) is 0 Å². The number of pyridine rings is 2. The molecule has 0 saturated heterocycles. The summed E-state index contributed by atoms with van der Waals surface area (Å²) in [5.41, 5.74) is 2.59. The van der Waals surface area contributed by atoms with E-state index in [0.717, 1.165) is 13.1 Å². The van der Waals surface area contributed by atoms with Crippen molar-refractivity contribution in [3.8, 4) is 11.4 Å². The maximum Gasteiger partial charge on any atom is 0.277 e. The van der Waals surface area contributed by atoms with Gasteiger partial charge in [-0.15, -0.1) is 0 Å². The second-order valence-corrected chi connectivity index (χ2v) is 4.50. The third-order valence-corrected chi connectivity index (χ3v) is 3.24. The van der Waals surface area contributed by atoms with E-state index in [2.05, 4.69) is 71.8 Å². The standard InChI is InChI=1S/C16H22N2/c1-3-5-12-18-14-9-7-11-16(18)15-10-6-8-13-17(15)4-2/h6-11,13-14H,3-5,12H2,1-2H3/q+2. The van der Waals surface area contributed by atoms with Crippen molar-refractivity contribution in [3.05, 3.63) is 48.8 Å². The summed E-state index contributed by atoms with van der Waals surface area (Å²) in [5.74, 6) is 0. The van der Waals surface area contributed by atoms with Crippen LogP contribution in [0.2, 0.25) is 0 Å². The highest BCUT2D eigenvalue weighted by Gasteiger charge is 2.20. The van der Waals surface area contributed by atoms with Gasteiger partial charge in [0.15, 0.2) is 12.4 Å². The van der Waals surface area contributed by atoms with Crippen LogP contribution in [0.25, 0.3) is 11.4 Å². The first-order chi connectivity index (χ1) is 8.86. The highest BCUT2D eigenvalue weighted by Crippen LogP contribution is 2.10. The molecule has 18 heavy (non-hydrogen) atoms. The van der Waals surface area contributed by atoms with Crippen LogP contribution < -0.4 is 9.13 Å². The third kappa shape index (κ3) is 2.76. The number of aryl methyl sites for hydroxylation is 2. The average Bonchev–Trinajstić information content (AvgIpc) is 2.45. The van der Waals surface area contributed by atoms with E-state index >= 15 is 0 Å². The zero-order valence-corrected chi connectivity index (χ0v) is 11.3. The van der Waals surface area contributed by atoms with Gasteiger partial charge in [0, 0.05) is 30.7 Å². The first-order valence-corrected chi connectivity index (χ1v) is 6.84. The van der Waals surface area contributed by atoms with Crippen LogP contribution in [-0.4, -0.2) is 0 Å². The molecular formula is C16H22N2+2. The van der Waals surface area contributed by atoms with Gasteiger partial charge in [0.25, 0.3) is 11.4 Å². The molecule has 0 fully saturated rings. The summed E-state index contributed by atoms with van der Waals surface area (Å²) < 4.78 is 4.64. The average molecular weight is 242 g/mol. The lowest BCUT2D eigenvalue weighted by Crippen LogP contribution is -2.42. The Hall–Kier alpha value is -1.70. The zero-order valence-electron chi connectivity index (χ0n) is 11.3. The Kier molecular flexibility index (Phi) is 4.46. The van der Waals surface area contributed by atoms with Gasteiger partial charge in [0.2, 0.25) is 0 Å². The fourth-order valence-electron chi connectivity index (χ4n) is 2.22. The van der Waals surface area contributed by atoms with Gasteiger partial charge in [-0.05, 0) is 19.1 Å². The molecule has 0 spiro atoms. The Morgan fingerprint density at radius 2 is 1.44 bits per heavy atom. The Morgan fingerprint density at radius 3 is 2.06 bits per heavy atom. The molecule has 2 nitrogen and oxygen atoms in total. The van der Waals surface area contributed by atoms with Gasteiger partial charge >= 0.3 is 0 Å². The Morgan fingerprint density at radius 1 is 0.833 bits per heavy atom. The molecule has 94 valence electrons. The first kappa shape index (κ1) is 12.7. The molecule has 0 bridgehead atoms. The van der Waals surface area contributed by atoms with Crippen molar-refractivity contribution in [2.75, 3.05) is 0 Å². The molecule has 0 radical (unpaired) electrons. The minimum Gasteiger partial charge on any atom is -0.193 e. The predicted octanol–water partition coefficient (Wildman–Crippen LogP) is 2.75. The van der Waals surface area contributed by atoms with Crippen LogP contribution in [0.3, 0.4) is 0 Å². The van der Waals surface area contributed by atoms with E-state index in [1.165, 1.54) is 24.2 Å². The van der Waals surface area contributed by atoms with Crippen LogP contribution in [0.15, 0.2) is 48.8 Å². The van der Waals surface area contributed by atoms with Crippen LogP contribution in [0.1, 0.15) is 26.7 Å². The van der Waals surface area contributed by atoms with Crippen molar-refractivity contribution >= 4 is 0 Å². The summed E-state index contributed by atoms with van der Waals surface area (Å²) in [7, 11) is 0. The van der Waals surface area contributed by atoms with E-state index in [1.807, 2.05) is 0 Å². The molecule has 2 heterocycles. The lowest BCUT2D eigenvalue weighted by Gasteiger charge is -2.03. The summed E-state index contributed by atoms with van der Waals surface area (Å²) in [6.07, 6.45) is 6.77. The maximum absolute atomic E-state index is 2.35. The molecule has 0 amide bonds. The molecule has 0 atom stereocenters. The number of nitrogens with zero attached hydrogens (tertiary/aromatic N) is 2. The normalized spacial score (nSPS) is 10.6. The van der Waals surface area contributed by atoms with Gasteiger partial charge in [-0.25, -0.2) is 0 Å². The van der Waals surface area contributed by atoms with Crippen molar-refractivity contribution < 1.29 is 9.13 Å². The van der Waals surface area contributed by atoms with Crippen molar-refractivity contribution in [1.29, 1.82) is 0 Å². The van der Waals surface area contributed by atoms with Crippen LogP contribution >= 0.6 is 0 Å². The van der Waals surface area contributed by atoms with E-state index < -0.39 is 0 Å². The number of hydrogen-bond acceptors (Lipinski definition) is 0. The topological polar surface area (TPSA) is 7.76 Å². The Balaban J connectivity index is 2.43. The summed E-state index contributed by atoms with van der Waals surface area (Å²) >= 11 is 0. The minimum atomic E-state index is 0.999. The summed E-state index contributed by atoms with van der Waals surface area (Å²) in [5, 5.41) is 0. The molecule has 2 rings (SSSR count). The maximum atomic E-state index is 2.35. The third-order valence-electron chi connectivity index (χ3n) is 3.24. The first-order valence-electron chi connectivity index (χ1n) is 6.84. The SMILES string of the molecule is CCCC[n+]1ccccc1-c1cccc[n+]1CC. The molecule has 0 aliphatic carbocycles. The minimum absolute atomic E-state index is 0.999. The number of aromatic nitrogens is 2. The molecule has 0 unspecified atom stereocenters. The van der Waals surface area contributed by atoms with Gasteiger partial charge in [-0.3, -0.25) is 0 Å². The quantitative estimate of drug-likeness (QED) is 0.712. The van der Waals surface area contributed by atoms with E-state index in [4.69, 9.17) is 0 Å². The van der Waals surface area contributed by atoms with Crippen LogP contribution in [-0.2, 0) is 13.1 Å². The smallest absolute Gasteiger partial charge is 0.193 e. The molecule has 2 aromatic rings. The largest absolute Gasteiger partial charge is 0.277 e. The van der Waals surface area contributed by atoms with Crippen molar-refractivity contribution in [1.82, 2.24) is 0 Å². The van der Waals surface area contributed by atoms with E-state index in [9.17, 15) is 0 Å². The number of rotatable bonds is 5. The monoisotopic (exact) mass is 242 g/mol. The second-order valence-electron chi connectivity index (χ2n) is 4.50. The van der Waals surface area contributed by atoms with Crippen LogP contribution in [0.4, 0.5) is 0 Å². The van der Waals surface area contributed by atoms with Gasteiger partial charge < -0.3 is 0 Å². The molecule has 0 N–H and O–H groups in total. The van der Waals surface area contributed by atoms with Gasteiger partial charge in [-0.2, -0.15) is 9.13 Å². The summed E-state index contributed by atoms with van der Waals surface area (Å²) in [6.45, 7) is 6.50. The summed E-state index contributed by atoms with van der Waals surface area (Å²) in [4.78, 5) is 0. The molecule has 2 aromatic heterocycles. The van der Waals surface area contributed by atoms with Crippen molar-refractivity contribution in [3.63, 3.8) is 0 Å². The predicted molar refractivity (Wildman–Crippen MR) is 72.9 cm³/mol. The molecule has 0 aliphatic rings. The zero-order chi connectivity index (χ0) is 12.8. The second kappa shape index (κ2) is 6.29. The fourth-order valence-corrected chi connectivity index (χ4v) is 2.22. The lowest BCUT2D eigenvalue weighted by atomic mass is 10.2. The van der Waals surface area contributed by atoms with Gasteiger partial charge in [-0.1, -0.05) is 13.3 Å². The lowest BCUT2D eigenvalue weighted by molar-refractivity contribution is -0.713. The van der Waals surface area contributed by atoms with E-state index in [1.54, 1.807) is 0 Å². The molecule has 0 aromatic carbocycles. The summed E-state index contributed by atoms with van der Waals surface area (Å²) in [6, 6.07) is 12.8.